The van der Waals surface area contributed by atoms with Crippen LogP contribution < -0.4 is 10.1 Å². The van der Waals surface area contributed by atoms with Crippen LogP contribution in [0.4, 0.5) is 0 Å². The number of ether oxygens (including phenoxy) is 2. The van der Waals surface area contributed by atoms with Crippen molar-refractivity contribution in [3.05, 3.63) is 111 Å². The van der Waals surface area contributed by atoms with Crippen LogP contribution in [0.3, 0.4) is 0 Å². The van der Waals surface area contributed by atoms with Crippen LogP contribution in [0.5, 0.6) is 5.75 Å². The molecule has 1 aliphatic carbocycles. The Bertz CT molecular complexity index is 1310. The molecule has 2 aliphatic rings. The highest BCUT2D eigenvalue weighted by molar-refractivity contribution is 7.10. The van der Waals surface area contributed by atoms with Crippen LogP contribution in [-0.2, 0) is 20.9 Å². The van der Waals surface area contributed by atoms with E-state index in [1.54, 1.807) is 11.3 Å². The number of carbonyl (C=O) groups excluding carboxylic acids is 2. The Kier molecular flexibility index (Phi) is 6.55. The number of dihydropyridines is 1. The van der Waals surface area contributed by atoms with Gasteiger partial charge < -0.3 is 14.8 Å². The highest BCUT2D eigenvalue weighted by atomic mass is 32.1. The number of methoxy groups -OCH3 is 1. The minimum Gasteiger partial charge on any atom is -0.489 e. The quantitative estimate of drug-likeness (QED) is 0.443. The summed E-state index contributed by atoms with van der Waals surface area (Å²) in [6, 6.07) is 21.7. The number of carbonyl (C=O) groups is 2. The molecule has 5 rings (SSSR count). The smallest absolute Gasteiger partial charge is 0.336 e. The predicted octanol–water partition coefficient (Wildman–Crippen LogP) is 5.86. The van der Waals surface area contributed by atoms with Crippen LogP contribution in [0.2, 0.25) is 0 Å². The largest absolute Gasteiger partial charge is 0.489 e. The number of ketones is 1. The lowest BCUT2D eigenvalue weighted by atomic mass is 9.72. The number of hydrogen-bond donors (Lipinski definition) is 1. The summed E-state index contributed by atoms with van der Waals surface area (Å²) >= 11 is 1.68. The average Bonchev–Trinajstić information content (AvgIpc) is 3.42. The lowest BCUT2D eigenvalue weighted by Crippen LogP contribution is -2.35. The third-order valence-corrected chi connectivity index (χ3v) is 7.65. The highest BCUT2D eigenvalue weighted by Gasteiger charge is 2.41. The van der Waals surface area contributed by atoms with Gasteiger partial charge in [-0.2, -0.15) is 0 Å². The summed E-state index contributed by atoms with van der Waals surface area (Å²) in [6.07, 6.45) is 1.16. The first-order valence-corrected chi connectivity index (χ1v) is 12.6. The second-order valence-electron chi connectivity index (χ2n) is 8.87. The number of Topliss-reactive ketones (excluding diaryl/α,β-unsaturated/α-hetero) is 1. The number of nitrogens with one attached hydrogen (secondary N) is 1. The van der Waals surface area contributed by atoms with Crippen LogP contribution in [-0.4, -0.2) is 18.9 Å². The van der Waals surface area contributed by atoms with Crippen molar-refractivity contribution in [2.45, 2.75) is 38.2 Å². The molecule has 0 spiro atoms. The van der Waals surface area contributed by atoms with Crippen molar-refractivity contribution >= 4 is 23.1 Å². The molecule has 0 saturated heterocycles. The van der Waals surface area contributed by atoms with Gasteiger partial charge in [0.05, 0.1) is 12.7 Å². The Morgan fingerprint density at radius 1 is 1.06 bits per heavy atom. The van der Waals surface area contributed by atoms with Gasteiger partial charge in [0, 0.05) is 40.1 Å². The SMILES string of the molecule is COC(=O)C1=C(C)NC2=C(C(=O)C[C@H](c3cccs3)C2)[C@@H]1c1cccc(OCc2ccccc2)c1. The Morgan fingerprint density at radius 2 is 1.89 bits per heavy atom. The van der Waals surface area contributed by atoms with E-state index in [1.807, 2.05) is 73.0 Å². The van der Waals surface area contributed by atoms with Crippen molar-refractivity contribution in [1.82, 2.24) is 5.32 Å². The van der Waals surface area contributed by atoms with E-state index < -0.39 is 11.9 Å². The van der Waals surface area contributed by atoms with E-state index in [0.29, 0.717) is 29.9 Å². The molecule has 0 fully saturated rings. The third-order valence-electron chi connectivity index (χ3n) is 6.62. The van der Waals surface area contributed by atoms with Crippen LogP contribution in [0.25, 0.3) is 0 Å². The van der Waals surface area contributed by atoms with Gasteiger partial charge in [0.15, 0.2) is 5.78 Å². The van der Waals surface area contributed by atoms with Crippen LogP contribution in [0, 0.1) is 0 Å². The number of hydrogen-bond acceptors (Lipinski definition) is 6. The predicted molar refractivity (Wildman–Crippen MR) is 136 cm³/mol. The topological polar surface area (TPSA) is 64.6 Å². The molecule has 2 heterocycles. The second-order valence-corrected chi connectivity index (χ2v) is 9.85. The summed E-state index contributed by atoms with van der Waals surface area (Å²) in [7, 11) is 1.37. The summed E-state index contributed by atoms with van der Waals surface area (Å²) in [5.74, 6) is -0.0474. The first-order chi connectivity index (χ1) is 17.0. The Labute approximate surface area is 209 Å². The molecule has 0 amide bonds. The zero-order chi connectivity index (χ0) is 24.4. The summed E-state index contributed by atoms with van der Waals surface area (Å²) in [5, 5.41) is 5.42. The lowest BCUT2D eigenvalue weighted by Gasteiger charge is -2.36. The number of thiophene rings is 1. The van der Waals surface area contributed by atoms with E-state index in [2.05, 4.69) is 11.4 Å². The summed E-state index contributed by atoms with van der Waals surface area (Å²) < 4.78 is 11.2. The molecule has 178 valence electrons. The molecular weight excluding hydrogens is 458 g/mol. The highest BCUT2D eigenvalue weighted by Crippen LogP contribution is 2.46. The molecule has 2 atom stereocenters. The standard InChI is InChI=1S/C29H27NO4S/c1-18-26(29(32)33-2)27(20-10-6-11-22(14-20)34-17-19-8-4-3-5-9-19)28-23(30-18)15-21(16-24(28)31)25-12-7-13-35-25/h3-14,21,27,30H,15-17H2,1-2H3/t21-,27-/m1/s1. The van der Waals surface area contributed by atoms with E-state index in [1.165, 1.54) is 12.0 Å². The van der Waals surface area contributed by atoms with E-state index >= 15 is 0 Å². The molecule has 5 nitrogen and oxygen atoms in total. The van der Waals surface area contributed by atoms with Crippen LogP contribution >= 0.6 is 11.3 Å². The van der Waals surface area contributed by atoms with Gasteiger partial charge in [0.2, 0.25) is 0 Å². The molecule has 0 unspecified atom stereocenters. The van der Waals surface area contributed by atoms with Gasteiger partial charge >= 0.3 is 5.97 Å². The summed E-state index contributed by atoms with van der Waals surface area (Å²) in [4.78, 5) is 27.7. The minimum atomic E-state index is -0.504. The van der Waals surface area contributed by atoms with Crippen molar-refractivity contribution in [2.24, 2.45) is 0 Å². The second kappa shape index (κ2) is 9.92. The monoisotopic (exact) mass is 485 g/mol. The molecule has 0 saturated carbocycles. The number of benzene rings is 2. The van der Waals surface area contributed by atoms with E-state index in [0.717, 1.165) is 28.9 Å². The Morgan fingerprint density at radius 3 is 2.63 bits per heavy atom. The maximum absolute atomic E-state index is 13.6. The lowest BCUT2D eigenvalue weighted by molar-refractivity contribution is -0.136. The first-order valence-electron chi connectivity index (χ1n) is 11.7. The fourth-order valence-electron chi connectivity index (χ4n) is 5.00. The van der Waals surface area contributed by atoms with Gasteiger partial charge in [0.1, 0.15) is 12.4 Å². The van der Waals surface area contributed by atoms with E-state index in [-0.39, 0.29) is 11.7 Å². The van der Waals surface area contributed by atoms with Gasteiger partial charge in [-0.3, -0.25) is 4.79 Å². The molecule has 35 heavy (non-hydrogen) atoms. The van der Waals surface area contributed by atoms with Gasteiger partial charge in [-0.05, 0) is 48.1 Å². The van der Waals surface area contributed by atoms with Crippen molar-refractivity contribution in [3.63, 3.8) is 0 Å². The maximum Gasteiger partial charge on any atom is 0.336 e. The molecule has 1 aliphatic heterocycles. The van der Waals surface area contributed by atoms with Gasteiger partial charge in [-0.15, -0.1) is 11.3 Å². The van der Waals surface area contributed by atoms with Gasteiger partial charge in [-0.1, -0.05) is 48.5 Å². The van der Waals surface area contributed by atoms with Crippen molar-refractivity contribution < 1.29 is 19.1 Å². The van der Waals surface area contributed by atoms with E-state index in [9.17, 15) is 9.59 Å². The minimum absolute atomic E-state index is 0.0617. The first kappa shape index (κ1) is 23.1. The van der Waals surface area contributed by atoms with Crippen LogP contribution in [0.15, 0.2) is 94.7 Å². The van der Waals surface area contributed by atoms with E-state index in [4.69, 9.17) is 9.47 Å². The Hall–Kier alpha value is -3.64. The van der Waals surface area contributed by atoms with Crippen LogP contribution in [0.1, 0.15) is 47.6 Å². The molecule has 3 aromatic rings. The zero-order valence-corrected chi connectivity index (χ0v) is 20.6. The van der Waals surface area contributed by atoms with Gasteiger partial charge in [0.25, 0.3) is 0 Å². The fraction of sp³-hybridized carbons (Fsp3) is 0.241. The molecular formula is C29H27NO4S. The van der Waals surface area contributed by atoms with Crippen molar-refractivity contribution in [3.8, 4) is 5.75 Å². The molecule has 1 N–H and O–H groups in total. The molecule has 0 bridgehead atoms. The third kappa shape index (κ3) is 4.66. The molecule has 0 radical (unpaired) electrons. The number of rotatable bonds is 6. The molecule has 1 aromatic heterocycles. The van der Waals surface area contributed by atoms with Gasteiger partial charge in [-0.25, -0.2) is 4.79 Å². The average molecular weight is 486 g/mol. The molecule has 2 aromatic carbocycles. The fourth-order valence-corrected chi connectivity index (χ4v) is 5.83. The normalized spacial score (nSPS) is 19.8. The summed E-state index contributed by atoms with van der Waals surface area (Å²) in [6.45, 7) is 2.31. The number of allylic oxidation sites excluding steroid dienone is 3. The van der Waals surface area contributed by atoms with Crippen molar-refractivity contribution in [2.75, 3.05) is 7.11 Å². The Balaban J connectivity index is 1.52. The zero-order valence-electron chi connectivity index (χ0n) is 19.7. The summed E-state index contributed by atoms with van der Waals surface area (Å²) in [5.41, 5.74) is 4.64. The number of esters is 1. The molecule has 6 heteroatoms. The maximum atomic E-state index is 13.6. The van der Waals surface area contributed by atoms with Crippen molar-refractivity contribution in [1.29, 1.82) is 0 Å².